The molecule has 0 aliphatic heterocycles. The molecule has 0 atom stereocenters. The maximum absolute atomic E-state index is 12.0. The van der Waals surface area contributed by atoms with E-state index in [4.69, 9.17) is 9.84 Å². The van der Waals surface area contributed by atoms with Crippen LogP contribution in [0.3, 0.4) is 0 Å². The number of ether oxygens (including phenoxy) is 1. The van der Waals surface area contributed by atoms with Gasteiger partial charge in [0.2, 0.25) is 0 Å². The predicted molar refractivity (Wildman–Crippen MR) is 99.2 cm³/mol. The molecule has 134 valence electrons. The Balaban J connectivity index is 0.00000151. The van der Waals surface area contributed by atoms with E-state index < -0.39 is 5.97 Å². The quantitative estimate of drug-likeness (QED) is 0.723. The van der Waals surface area contributed by atoms with Gasteiger partial charge in [-0.05, 0) is 42.7 Å². The molecule has 0 unspecified atom stereocenters. The fraction of sp³-hybridized carbons (Fsp3) is 0.333. The largest absolute Gasteiger partial charge is 0.489 e. The van der Waals surface area contributed by atoms with Gasteiger partial charge in [-0.15, -0.1) is 0 Å². The van der Waals surface area contributed by atoms with E-state index in [9.17, 15) is 9.59 Å². The minimum atomic E-state index is -0.971. The molecule has 4 nitrogen and oxygen atoms in total. The van der Waals surface area contributed by atoms with Crippen LogP contribution in [-0.4, -0.2) is 16.9 Å². The van der Waals surface area contributed by atoms with E-state index in [-0.39, 0.29) is 18.6 Å². The number of carbonyl (C=O) groups excluding carboxylic acids is 1. The van der Waals surface area contributed by atoms with Crippen LogP contribution in [-0.2, 0) is 11.4 Å². The van der Waals surface area contributed by atoms with Gasteiger partial charge < -0.3 is 9.84 Å². The fourth-order valence-electron chi connectivity index (χ4n) is 2.36. The Bertz CT molecular complexity index is 699. The lowest BCUT2D eigenvalue weighted by molar-refractivity contribution is -0.136. The number of aryl methyl sites for hydroxylation is 2. The molecule has 0 aliphatic rings. The molecule has 0 heterocycles. The maximum atomic E-state index is 12.0. The van der Waals surface area contributed by atoms with E-state index >= 15 is 0 Å². The van der Waals surface area contributed by atoms with Gasteiger partial charge >= 0.3 is 5.97 Å². The normalized spacial score (nSPS) is 9.76. The number of Topliss-reactive ketones (excluding diaryl/α,β-unsaturated/α-hetero) is 1. The molecule has 0 amide bonds. The molecule has 1 N–H and O–H groups in total. The number of benzene rings is 2. The molecular weight excluding hydrogens is 316 g/mol. The zero-order valence-electron chi connectivity index (χ0n) is 15.3. The van der Waals surface area contributed by atoms with E-state index in [2.05, 4.69) is 0 Å². The van der Waals surface area contributed by atoms with Crippen LogP contribution < -0.4 is 4.74 Å². The first-order chi connectivity index (χ1) is 12.0. The lowest BCUT2D eigenvalue weighted by atomic mass is 10.0. The number of hydrogen-bond donors (Lipinski definition) is 1. The van der Waals surface area contributed by atoms with E-state index in [1.54, 1.807) is 24.3 Å². The Hall–Kier alpha value is -2.62. The molecule has 2 aromatic rings. The molecule has 2 rings (SSSR count). The standard InChI is InChI=1S/C19H20O4.C2H6/c1-13-5-3-6-14(2)17(13)12-23-16-8-4-7-15(11-16)18(20)9-10-19(21)22;1-2/h3-8,11H,9-10,12H2,1-2H3,(H,21,22);1-2H3. The van der Waals surface area contributed by atoms with Gasteiger partial charge in [-0.25, -0.2) is 0 Å². The highest BCUT2D eigenvalue weighted by Crippen LogP contribution is 2.19. The molecular formula is C21H26O4. The molecule has 0 spiro atoms. The highest BCUT2D eigenvalue weighted by atomic mass is 16.5. The molecule has 0 saturated carbocycles. The van der Waals surface area contributed by atoms with Gasteiger partial charge in [0.15, 0.2) is 5.78 Å². The molecule has 0 aliphatic carbocycles. The SMILES string of the molecule is CC.Cc1cccc(C)c1COc1cccc(C(=O)CCC(=O)O)c1. The molecule has 25 heavy (non-hydrogen) atoms. The van der Waals surface area contributed by atoms with Crippen LogP contribution in [0.25, 0.3) is 0 Å². The Morgan fingerprint density at radius 3 is 2.16 bits per heavy atom. The van der Waals surface area contributed by atoms with Crippen LogP contribution in [0.4, 0.5) is 0 Å². The zero-order chi connectivity index (χ0) is 18.8. The number of aliphatic carboxylic acids is 1. The molecule has 0 saturated heterocycles. The van der Waals surface area contributed by atoms with Gasteiger partial charge in [-0.2, -0.15) is 0 Å². The van der Waals surface area contributed by atoms with E-state index in [1.165, 1.54) is 11.1 Å². The van der Waals surface area contributed by atoms with Crippen LogP contribution in [0.1, 0.15) is 53.7 Å². The highest BCUT2D eigenvalue weighted by Gasteiger charge is 2.10. The van der Waals surface area contributed by atoms with Crippen molar-refractivity contribution in [1.82, 2.24) is 0 Å². The van der Waals surface area contributed by atoms with Gasteiger partial charge in [0.1, 0.15) is 12.4 Å². The monoisotopic (exact) mass is 342 g/mol. The summed E-state index contributed by atoms with van der Waals surface area (Å²) in [4.78, 5) is 22.5. The van der Waals surface area contributed by atoms with Crippen LogP contribution >= 0.6 is 0 Å². The van der Waals surface area contributed by atoms with Crippen LogP contribution in [0, 0.1) is 13.8 Å². The third-order valence-corrected chi connectivity index (χ3v) is 3.75. The Labute approximate surface area is 149 Å². The average Bonchev–Trinajstić information content (AvgIpc) is 2.61. The van der Waals surface area contributed by atoms with Crippen molar-refractivity contribution < 1.29 is 19.4 Å². The topological polar surface area (TPSA) is 63.6 Å². The molecule has 0 fully saturated rings. The lowest BCUT2D eigenvalue weighted by Gasteiger charge is -2.12. The summed E-state index contributed by atoms with van der Waals surface area (Å²) in [5.41, 5.74) is 3.94. The number of carboxylic acids is 1. The summed E-state index contributed by atoms with van der Waals surface area (Å²) in [5.74, 6) is -0.556. The van der Waals surface area contributed by atoms with Crippen molar-refractivity contribution in [3.05, 3.63) is 64.7 Å². The summed E-state index contributed by atoms with van der Waals surface area (Å²) in [6.07, 6.45) is -0.165. The maximum Gasteiger partial charge on any atom is 0.303 e. The summed E-state index contributed by atoms with van der Waals surface area (Å²) >= 11 is 0. The number of rotatable bonds is 7. The summed E-state index contributed by atoms with van der Waals surface area (Å²) in [6.45, 7) is 8.51. The smallest absolute Gasteiger partial charge is 0.303 e. The van der Waals surface area contributed by atoms with E-state index in [0.29, 0.717) is 17.9 Å². The second-order valence-corrected chi connectivity index (χ2v) is 5.50. The second-order valence-electron chi connectivity index (χ2n) is 5.50. The fourth-order valence-corrected chi connectivity index (χ4v) is 2.36. The van der Waals surface area contributed by atoms with Crippen molar-refractivity contribution in [3.8, 4) is 5.75 Å². The molecule has 0 bridgehead atoms. The average molecular weight is 342 g/mol. The molecule has 0 radical (unpaired) electrons. The van der Waals surface area contributed by atoms with E-state index in [1.807, 2.05) is 45.9 Å². The number of hydrogen-bond acceptors (Lipinski definition) is 3. The summed E-state index contributed by atoms with van der Waals surface area (Å²) < 4.78 is 5.80. The minimum absolute atomic E-state index is 0.00428. The van der Waals surface area contributed by atoms with Gasteiger partial charge in [-0.1, -0.05) is 44.2 Å². The Kier molecular flexibility index (Phi) is 8.40. The van der Waals surface area contributed by atoms with Gasteiger partial charge in [0, 0.05) is 12.0 Å². The summed E-state index contributed by atoms with van der Waals surface area (Å²) in [7, 11) is 0. The summed E-state index contributed by atoms with van der Waals surface area (Å²) in [5, 5.41) is 8.65. The minimum Gasteiger partial charge on any atom is -0.489 e. The van der Waals surface area contributed by atoms with Crippen molar-refractivity contribution in [3.63, 3.8) is 0 Å². The van der Waals surface area contributed by atoms with Crippen molar-refractivity contribution in [2.75, 3.05) is 0 Å². The van der Waals surface area contributed by atoms with Crippen molar-refractivity contribution >= 4 is 11.8 Å². The van der Waals surface area contributed by atoms with Crippen LogP contribution in [0.5, 0.6) is 5.75 Å². The zero-order valence-corrected chi connectivity index (χ0v) is 15.3. The van der Waals surface area contributed by atoms with Gasteiger partial charge in [-0.3, -0.25) is 9.59 Å². The third kappa shape index (κ3) is 6.42. The number of carboxylic acid groups (broad SMARTS) is 1. The lowest BCUT2D eigenvalue weighted by Crippen LogP contribution is -2.05. The van der Waals surface area contributed by atoms with E-state index in [0.717, 1.165) is 5.56 Å². The third-order valence-electron chi connectivity index (χ3n) is 3.75. The highest BCUT2D eigenvalue weighted by molar-refractivity contribution is 5.97. The molecule has 4 heteroatoms. The van der Waals surface area contributed by atoms with Gasteiger partial charge in [0.05, 0.1) is 6.42 Å². The Morgan fingerprint density at radius 2 is 1.56 bits per heavy atom. The first-order valence-corrected chi connectivity index (χ1v) is 8.50. The van der Waals surface area contributed by atoms with Crippen molar-refractivity contribution in [1.29, 1.82) is 0 Å². The van der Waals surface area contributed by atoms with Crippen LogP contribution in [0.2, 0.25) is 0 Å². The number of ketones is 1. The first-order valence-electron chi connectivity index (χ1n) is 8.50. The van der Waals surface area contributed by atoms with Crippen LogP contribution in [0.15, 0.2) is 42.5 Å². The first kappa shape index (κ1) is 20.4. The second kappa shape index (κ2) is 10.3. The molecule has 2 aromatic carbocycles. The van der Waals surface area contributed by atoms with Crippen molar-refractivity contribution in [2.24, 2.45) is 0 Å². The van der Waals surface area contributed by atoms with Crippen molar-refractivity contribution in [2.45, 2.75) is 47.1 Å². The predicted octanol–water partition coefficient (Wildman–Crippen LogP) is 4.96. The Morgan fingerprint density at radius 1 is 0.960 bits per heavy atom. The van der Waals surface area contributed by atoms with Gasteiger partial charge in [0.25, 0.3) is 0 Å². The molecule has 0 aromatic heterocycles. The number of carbonyl (C=O) groups is 2. The summed E-state index contributed by atoms with van der Waals surface area (Å²) in [6, 6.07) is 13.0.